The molecule has 18 heavy (non-hydrogen) atoms. The minimum Gasteiger partial charge on any atom is -0.493 e. The smallest absolute Gasteiger partial charge is 0.319 e. The van der Waals surface area contributed by atoms with Gasteiger partial charge in [-0.05, 0) is 24.7 Å². The topological polar surface area (TPSA) is 38.8 Å². The van der Waals surface area contributed by atoms with E-state index < -0.39 is 0 Å². The van der Waals surface area contributed by atoms with Crippen LogP contribution in [0.4, 0.5) is 0 Å². The van der Waals surface area contributed by atoms with E-state index in [1.54, 1.807) is 0 Å². The number of halogens is 1. The lowest BCUT2D eigenvalue weighted by atomic mass is 10.1. The summed E-state index contributed by atoms with van der Waals surface area (Å²) < 4.78 is 11.4. The maximum absolute atomic E-state index is 11.2. The van der Waals surface area contributed by atoms with Crippen molar-refractivity contribution in [3.8, 4) is 5.75 Å². The fraction of sp³-hybridized carbons (Fsp3) is 0.462. The molecule has 0 bridgehead atoms. The zero-order valence-electron chi connectivity index (χ0n) is 10.5. The Kier molecular flexibility index (Phi) is 4.24. The van der Waals surface area contributed by atoms with Crippen LogP contribution in [-0.4, -0.2) is 38.2 Å². The molecule has 1 aliphatic rings. The molecular formula is C13H16BrNO3. The molecule has 2 rings (SSSR count). The number of esters is 1. The highest BCUT2D eigenvalue weighted by molar-refractivity contribution is 9.10. The van der Waals surface area contributed by atoms with Crippen molar-refractivity contribution < 1.29 is 14.3 Å². The SMILES string of the molecule is COC(=O)CN(C)Cc1cc(Br)cc2c1OCC2. The van der Waals surface area contributed by atoms with Crippen molar-refractivity contribution in [3.63, 3.8) is 0 Å². The first kappa shape index (κ1) is 13.4. The number of benzene rings is 1. The molecule has 1 aliphatic heterocycles. The molecule has 5 heteroatoms. The average Bonchev–Trinajstić information content (AvgIpc) is 2.76. The van der Waals surface area contributed by atoms with Gasteiger partial charge in [-0.2, -0.15) is 0 Å². The van der Waals surface area contributed by atoms with Crippen molar-refractivity contribution in [1.82, 2.24) is 4.90 Å². The third kappa shape index (κ3) is 3.03. The van der Waals surface area contributed by atoms with Gasteiger partial charge in [-0.1, -0.05) is 15.9 Å². The van der Waals surface area contributed by atoms with Crippen molar-refractivity contribution in [2.75, 3.05) is 27.3 Å². The second kappa shape index (κ2) is 5.71. The molecule has 0 aliphatic carbocycles. The summed E-state index contributed by atoms with van der Waals surface area (Å²) in [5.41, 5.74) is 2.33. The van der Waals surface area contributed by atoms with E-state index in [2.05, 4.69) is 26.7 Å². The highest BCUT2D eigenvalue weighted by atomic mass is 79.9. The number of likely N-dealkylation sites (N-methyl/N-ethyl adjacent to an activating group) is 1. The number of hydrogen-bond acceptors (Lipinski definition) is 4. The minimum atomic E-state index is -0.231. The Morgan fingerprint density at radius 2 is 2.33 bits per heavy atom. The third-order valence-corrected chi connectivity index (χ3v) is 3.35. The number of methoxy groups -OCH3 is 1. The second-order valence-electron chi connectivity index (χ2n) is 4.40. The van der Waals surface area contributed by atoms with Gasteiger partial charge in [0.05, 0.1) is 20.3 Å². The fourth-order valence-electron chi connectivity index (χ4n) is 2.10. The van der Waals surface area contributed by atoms with Gasteiger partial charge in [-0.3, -0.25) is 9.69 Å². The Labute approximate surface area is 115 Å². The van der Waals surface area contributed by atoms with E-state index in [0.29, 0.717) is 6.54 Å². The lowest BCUT2D eigenvalue weighted by molar-refractivity contribution is -0.141. The zero-order chi connectivity index (χ0) is 13.1. The van der Waals surface area contributed by atoms with E-state index >= 15 is 0 Å². The van der Waals surface area contributed by atoms with Crippen molar-refractivity contribution >= 4 is 21.9 Å². The molecule has 0 spiro atoms. The summed E-state index contributed by atoms with van der Waals surface area (Å²) in [5, 5.41) is 0. The number of hydrogen-bond donors (Lipinski definition) is 0. The number of nitrogens with zero attached hydrogens (tertiary/aromatic N) is 1. The Hall–Kier alpha value is -1.07. The van der Waals surface area contributed by atoms with E-state index in [1.807, 2.05) is 18.0 Å². The fourth-order valence-corrected chi connectivity index (χ4v) is 2.65. The first-order valence-corrected chi connectivity index (χ1v) is 6.59. The highest BCUT2D eigenvalue weighted by Gasteiger charge is 2.19. The van der Waals surface area contributed by atoms with Gasteiger partial charge in [-0.25, -0.2) is 0 Å². The molecule has 0 N–H and O–H groups in total. The van der Waals surface area contributed by atoms with Crippen LogP contribution in [0.2, 0.25) is 0 Å². The van der Waals surface area contributed by atoms with Crippen LogP contribution in [0.15, 0.2) is 16.6 Å². The van der Waals surface area contributed by atoms with Gasteiger partial charge in [0.1, 0.15) is 5.75 Å². The molecule has 1 aromatic carbocycles. The monoisotopic (exact) mass is 313 g/mol. The van der Waals surface area contributed by atoms with Crippen LogP contribution in [0.1, 0.15) is 11.1 Å². The largest absolute Gasteiger partial charge is 0.493 e. The summed E-state index contributed by atoms with van der Waals surface area (Å²) in [6.45, 7) is 1.67. The second-order valence-corrected chi connectivity index (χ2v) is 5.32. The molecule has 0 aromatic heterocycles. The average molecular weight is 314 g/mol. The summed E-state index contributed by atoms with van der Waals surface area (Å²) in [4.78, 5) is 13.1. The molecule has 4 nitrogen and oxygen atoms in total. The highest BCUT2D eigenvalue weighted by Crippen LogP contribution is 2.33. The van der Waals surface area contributed by atoms with Crippen LogP contribution in [0.25, 0.3) is 0 Å². The van der Waals surface area contributed by atoms with Crippen LogP contribution in [-0.2, 0) is 22.5 Å². The van der Waals surface area contributed by atoms with E-state index in [0.717, 1.165) is 28.8 Å². The normalized spacial score (nSPS) is 13.3. The van der Waals surface area contributed by atoms with Crippen LogP contribution in [0, 0.1) is 0 Å². The third-order valence-electron chi connectivity index (χ3n) is 2.89. The first-order chi connectivity index (χ1) is 8.60. The molecule has 0 radical (unpaired) electrons. The molecule has 0 saturated heterocycles. The number of rotatable bonds is 4. The lowest BCUT2D eigenvalue weighted by Crippen LogP contribution is -2.26. The molecular weight excluding hydrogens is 298 g/mol. The number of ether oxygens (including phenoxy) is 2. The maximum Gasteiger partial charge on any atom is 0.319 e. The molecule has 1 aromatic rings. The molecule has 98 valence electrons. The van der Waals surface area contributed by atoms with Gasteiger partial charge in [-0.15, -0.1) is 0 Å². The van der Waals surface area contributed by atoms with Crippen molar-refractivity contribution in [1.29, 1.82) is 0 Å². The van der Waals surface area contributed by atoms with Crippen LogP contribution in [0.5, 0.6) is 5.75 Å². The predicted molar refractivity (Wildman–Crippen MR) is 71.7 cm³/mol. The number of carbonyl (C=O) groups is 1. The summed E-state index contributed by atoms with van der Waals surface area (Å²) in [5.74, 6) is 0.736. The lowest BCUT2D eigenvalue weighted by Gasteiger charge is -2.17. The van der Waals surface area contributed by atoms with Crippen molar-refractivity contribution in [2.45, 2.75) is 13.0 Å². The molecule has 0 amide bonds. The summed E-state index contributed by atoms with van der Waals surface area (Å²) >= 11 is 3.50. The number of carbonyl (C=O) groups excluding carboxylic acids is 1. The first-order valence-electron chi connectivity index (χ1n) is 5.79. The Balaban J connectivity index is 2.12. The Morgan fingerprint density at radius 1 is 1.56 bits per heavy atom. The number of fused-ring (bicyclic) bond motifs is 1. The Bertz CT molecular complexity index is 462. The standard InChI is InChI=1S/C13H16BrNO3/c1-15(8-12(16)17-2)7-10-6-11(14)5-9-3-4-18-13(9)10/h5-6H,3-4,7-8H2,1-2H3. The van der Waals surface area contributed by atoms with Gasteiger partial charge < -0.3 is 9.47 Å². The molecule has 1 heterocycles. The molecule has 0 fully saturated rings. The van der Waals surface area contributed by atoms with Crippen LogP contribution in [0.3, 0.4) is 0 Å². The quantitative estimate of drug-likeness (QED) is 0.797. The van der Waals surface area contributed by atoms with Gasteiger partial charge in [0.2, 0.25) is 0 Å². The van der Waals surface area contributed by atoms with Crippen LogP contribution >= 0.6 is 15.9 Å². The summed E-state index contributed by atoms with van der Waals surface area (Å²) in [6, 6.07) is 4.13. The summed E-state index contributed by atoms with van der Waals surface area (Å²) in [6.07, 6.45) is 0.947. The minimum absolute atomic E-state index is 0.231. The van der Waals surface area contributed by atoms with E-state index in [1.165, 1.54) is 12.7 Å². The van der Waals surface area contributed by atoms with E-state index in [4.69, 9.17) is 4.74 Å². The van der Waals surface area contributed by atoms with E-state index in [9.17, 15) is 4.79 Å². The molecule has 0 atom stereocenters. The Morgan fingerprint density at radius 3 is 3.06 bits per heavy atom. The van der Waals surface area contributed by atoms with Gasteiger partial charge in [0, 0.05) is 23.0 Å². The predicted octanol–water partition coefficient (Wildman–Crippen LogP) is 1.99. The van der Waals surface area contributed by atoms with Crippen molar-refractivity contribution in [2.24, 2.45) is 0 Å². The van der Waals surface area contributed by atoms with Crippen molar-refractivity contribution in [3.05, 3.63) is 27.7 Å². The van der Waals surface area contributed by atoms with Gasteiger partial charge in [0.15, 0.2) is 0 Å². The molecule has 0 saturated carbocycles. The summed E-state index contributed by atoms with van der Waals surface area (Å²) in [7, 11) is 3.29. The molecule has 0 unspecified atom stereocenters. The van der Waals surface area contributed by atoms with Gasteiger partial charge in [0.25, 0.3) is 0 Å². The zero-order valence-corrected chi connectivity index (χ0v) is 12.1. The van der Waals surface area contributed by atoms with Crippen LogP contribution < -0.4 is 4.74 Å². The maximum atomic E-state index is 11.2. The van der Waals surface area contributed by atoms with Gasteiger partial charge >= 0.3 is 5.97 Å². The van der Waals surface area contributed by atoms with E-state index in [-0.39, 0.29) is 12.5 Å².